The maximum Gasteiger partial charge on any atom is 0.319 e. The quantitative estimate of drug-likeness (QED) is 0.322. The molecule has 0 N–H and O–H groups in total. The summed E-state index contributed by atoms with van der Waals surface area (Å²) in [6, 6.07) is 9.36. The predicted molar refractivity (Wildman–Crippen MR) is 139 cm³/mol. The molecule has 39 heavy (non-hydrogen) atoms. The van der Waals surface area contributed by atoms with Crippen LogP contribution in [0, 0.1) is 5.82 Å². The molecule has 2 aromatic heterocycles. The van der Waals surface area contributed by atoms with Gasteiger partial charge in [0.2, 0.25) is 18.4 Å². The van der Waals surface area contributed by atoms with Crippen LogP contribution < -0.4 is 23.8 Å². The molecule has 4 heterocycles. The molecule has 0 spiro atoms. The Morgan fingerprint density at radius 1 is 1.10 bits per heavy atom. The van der Waals surface area contributed by atoms with E-state index in [4.69, 9.17) is 35.5 Å². The maximum absolute atomic E-state index is 15.0. The van der Waals surface area contributed by atoms with Gasteiger partial charge in [0.25, 0.3) is 5.91 Å². The SMILES string of the molecule is COc1ncc(-c2nc3c(n2C(C)C)[C@H](c2ccc(Cl)cc2)N(c2cc(F)c4c(c2)OCO4)C3=O)c(OC)n1. The molecule has 2 aliphatic heterocycles. The average molecular weight is 552 g/mol. The molecule has 0 fully saturated rings. The molecule has 0 aliphatic carbocycles. The van der Waals surface area contributed by atoms with Crippen molar-refractivity contribution < 1.29 is 28.1 Å². The number of carbonyl (C=O) groups excluding carboxylic acids is 1. The van der Waals surface area contributed by atoms with Gasteiger partial charge in [0.1, 0.15) is 11.9 Å². The number of amides is 1. The van der Waals surface area contributed by atoms with Crippen LogP contribution in [0.4, 0.5) is 10.1 Å². The third-order valence-electron chi connectivity index (χ3n) is 6.63. The Bertz CT molecular complexity index is 1610. The third kappa shape index (κ3) is 3.92. The van der Waals surface area contributed by atoms with Crippen LogP contribution in [0.15, 0.2) is 42.6 Å². The molecule has 2 aliphatic rings. The number of benzene rings is 2. The summed E-state index contributed by atoms with van der Waals surface area (Å²) < 4.78 is 38.3. The first-order valence-electron chi connectivity index (χ1n) is 12.1. The zero-order chi connectivity index (χ0) is 27.4. The van der Waals surface area contributed by atoms with Crippen molar-refractivity contribution in [3.05, 3.63) is 70.4 Å². The van der Waals surface area contributed by atoms with Gasteiger partial charge in [-0.05, 0) is 31.5 Å². The highest BCUT2D eigenvalue weighted by Gasteiger charge is 2.45. The van der Waals surface area contributed by atoms with Crippen LogP contribution >= 0.6 is 11.6 Å². The van der Waals surface area contributed by atoms with E-state index >= 15 is 0 Å². The van der Waals surface area contributed by atoms with Crippen LogP contribution in [0.3, 0.4) is 0 Å². The van der Waals surface area contributed by atoms with Gasteiger partial charge in [-0.3, -0.25) is 9.69 Å². The van der Waals surface area contributed by atoms with Gasteiger partial charge in [0.15, 0.2) is 17.3 Å². The van der Waals surface area contributed by atoms with Crippen molar-refractivity contribution in [3.8, 4) is 34.8 Å². The van der Waals surface area contributed by atoms with Crippen molar-refractivity contribution in [3.63, 3.8) is 0 Å². The van der Waals surface area contributed by atoms with Crippen molar-refractivity contribution in [1.29, 1.82) is 0 Å². The lowest BCUT2D eigenvalue weighted by Gasteiger charge is -2.28. The molecule has 1 atom stereocenters. The maximum atomic E-state index is 15.0. The average Bonchev–Trinajstić information content (AvgIpc) is 3.63. The summed E-state index contributed by atoms with van der Waals surface area (Å²) in [5.74, 6) is -0.0812. The number of ether oxygens (including phenoxy) is 4. The lowest BCUT2D eigenvalue weighted by atomic mass is 10.0. The summed E-state index contributed by atoms with van der Waals surface area (Å²) in [5.41, 5.74) is 2.40. The van der Waals surface area contributed by atoms with Crippen LogP contribution in [0.1, 0.15) is 47.7 Å². The predicted octanol–water partition coefficient (Wildman–Crippen LogP) is 5.21. The van der Waals surface area contributed by atoms with Crippen molar-refractivity contribution in [2.24, 2.45) is 0 Å². The molecule has 12 heteroatoms. The Kier molecular flexibility index (Phi) is 6.02. The summed E-state index contributed by atoms with van der Waals surface area (Å²) in [5, 5.41) is 0.544. The molecule has 2 aromatic carbocycles. The van der Waals surface area contributed by atoms with Gasteiger partial charge in [-0.15, -0.1) is 0 Å². The molecule has 4 aromatic rings. The van der Waals surface area contributed by atoms with Crippen molar-refractivity contribution in [2.45, 2.75) is 25.9 Å². The number of anilines is 1. The Hall–Kier alpha value is -4.38. The number of halogens is 2. The van der Waals surface area contributed by atoms with Crippen molar-refractivity contribution in [2.75, 3.05) is 25.9 Å². The monoisotopic (exact) mass is 551 g/mol. The lowest BCUT2D eigenvalue weighted by molar-refractivity contribution is 0.0989. The van der Waals surface area contributed by atoms with Gasteiger partial charge in [0, 0.05) is 29.4 Å². The summed E-state index contributed by atoms with van der Waals surface area (Å²) in [6.45, 7) is 3.86. The lowest BCUT2D eigenvalue weighted by Crippen LogP contribution is -2.30. The van der Waals surface area contributed by atoms with E-state index in [-0.39, 0.29) is 41.9 Å². The molecule has 10 nitrogen and oxygen atoms in total. The number of imidazole rings is 1. The smallest absolute Gasteiger partial charge is 0.319 e. The first-order valence-corrected chi connectivity index (χ1v) is 12.5. The van der Waals surface area contributed by atoms with E-state index < -0.39 is 17.8 Å². The van der Waals surface area contributed by atoms with E-state index in [0.717, 1.165) is 5.56 Å². The number of hydrogen-bond donors (Lipinski definition) is 0. The Morgan fingerprint density at radius 3 is 2.56 bits per heavy atom. The fourth-order valence-corrected chi connectivity index (χ4v) is 5.13. The normalized spacial score (nSPS) is 15.7. The second-order valence-corrected chi connectivity index (χ2v) is 9.64. The molecular weight excluding hydrogens is 529 g/mol. The van der Waals surface area contributed by atoms with E-state index in [0.29, 0.717) is 27.8 Å². The van der Waals surface area contributed by atoms with E-state index in [9.17, 15) is 9.18 Å². The zero-order valence-electron chi connectivity index (χ0n) is 21.4. The highest BCUT2D eigenvalue weighted by atomic mass is 35.5. The fourth-order valence-electron chi connectivity index (χ4n) is 5.00. The molecule has 6 rings (SSSR count). The molecule has 0 saturated heterocycles. The standard InChI is InChI=1S/C27H23ClFN5O5/c1-13(2)33-22-20(31-24(33)17-11-30-27(37-4)32-25(17)36-3)26(35)34(21(22)14-5-7-15(28)8-6-14)16-9-18(29)23-19(10-16)38-12-39-23/h5-11,13,21H,12H2,1-4H3/t21-/m0/s1. The molecule has 1 amide bonds. The van der Waals surface area contributed by atoms with Crippen LogP contribution in [0.5, 0.6) is 23.4 Å². The van der Waals surface area contributed by atoms with Gasteiger partial charge in [-0.1, -0.05) is 23.7 Å². The Balaban J connectivity index is 1.59. The molecular formula is C27H23ClFN5O5. The molecule has 0 radical (unpaired) electrons. The van der Waals surface area contributed by atoms with E-state index in [1.54, 1.807) is 24.4 Å². The van der Waals surface area contributed by atoms with E-state index in [2.05, 4.69) is 9.97 Å². The second kappa shape index (κ2) is 9.42. The van der Waals surface area contributed by atoms with Crippen LogP contribution in [0.2, 0.25) is 5.02 Å². The molecule has 0 bridgehead atoms. The van der Waals surface area contributed by atoms with Gasteiger partial charge in [-0.2, -0.15) is 4.98 Å². The summed E-state index contributed by atoms with van der Waals surface area (Å²) in [4.78, 5) is 28.9. The number of nitrogens with zero attached hydrogens (tertiary/aromatic N) is 5. The number of carbonyl (C=O) groups is 1. The van der Waals surface area contributed by atoms with Crippen LogP contribution in [0.25, 0.3) is 11.4 Å². The topological polar surface area (TPSA) is 101 Å². The largest absolute Gasteiger partial charge is 0.480 e. The van der Waals surface area contributed by atoms with Gasteiger partial charge in [0.05, 0.1) is 31.2 Å². The van der Waals surface area contributed by atoms with E-state index in [1.165, 1.54) is 25.2 Å². The number of methoxy groups -OCH3 is 2. The van der Waals surface area contributed by atoms with Crippen LogP contribution in [-0.4, -0.2) is 46.4 Å². The zero-order valence-corrected chi connectivity index (χ0v) is 22.2. The first-order chi connectivity index (χ1) is 18.8. The molecule has 0 unspecified atom stereocenters. The van der Waals surface area contributed by atoms with Crippen LogP contribution in [-0.2, 0) is 0 Å². The summed E-state index contributed by atoms with van der Waals surface area (Å²) >= 11 is 6.19. The van der Waals surface area contributed by atoms with Crippen molar-refractivity contribution >= 4 is 23.2 Å². The Morgan fingerprint density at radius 2 is 1.87 bits per heavy atom. The number of fused-ring (bicyclic) bond motifs is 2. The minimum atomic E-state index is -0.654. The van der Waals surface area contributed by atoms with Gasteiger partial charge < -0.3 is 23.5 Å². The number of hydrogen-bond acceptors (Lipinski definition) is 8. The highest BCUT2D eigenvalue weighted by Crippen LogP contribution is 2.48. The highest BCUT2D eigenvalue weighted by molar-refractivity contribution is 6.30. The van der Waals surface area contributed by atoms with Gasteiger partial charge in [-0.25, -0.2) is 14.4 Å². The first kappa shape index (κ1) is 24.9. The number of aromatic nitrogens is 4. The molecule has 0 saturated carbocycles. The second-order valence-electron chi connectivity index (χ2n) is 9.20. The van der Waals surface area contributed by atoms with Crippen molar-refractivity contribution in [1.82, 2.24) is 19.5 Å². The van der Waals surface area contributed by atoms with E-state index in [1.807, 2.05) is 30.5 Å². The summed E-state index contributed by atoms with van der Waals surface area (Å²) in [7, 11) is 2.94. The number of rotatable bonds is 6. The fraction of sp³-hybridized carbons (Fsp3) is 0.259. The minimum absolute atomic E-state index is 0.0182. The third-order valence-corrected chi connectivity index (χ3v) is 6.88. The minimum Gasteiger partial charge on any atom is -0.480 e. The van der Waals surface area contributed by atoms with Gasteiger partial charge >= 0.3 is 6.01 Å². The summed E-state index contributed by atoms with van der Waals surface area (Å²) in [6.07, 6.45) is 1.55. The molecule has 200 valence electrons. The Labute approximate surface area is 227 Å².